The Labute approximate surface area is 230 Å². The van der Waals surface area contributed by atoms with Gasteiger partial charge in [-0.25, -0.2) is 9.97 Å². The molecular formula is C27H27ClN8O3. The largest absolute Gasteiger partial charge is 0.496 e. The van der Waals surface area contributed by atoms with Crippen molar-refractivity contribution in [3.8, 4) is 11.7 Å². The van der Waals surface area contributed by atoms with Crippen LogP contribution in [-0.4, -0.2) is 74.0 Å². The maximum absolute atomic E-state index is 13.8. The van der Waals surface area contributed by atoms with Gasteiger partial charge in [0.2, 0.25) is 11.9 Å². The van der Waals surface area contributed by atoms with Crippen LogP contribution in [0.5, 0.6) is 5.75 Å². The summed E-state index contributed by atoms with van der Waals surface area (Å²) in [4.78, 5) is 47.7. The summed E-state index contributed by atoms with van der Waals surface area (Å²) in [6, 6.07) is 11.5. The summed E-state index contributed by atoms with van der Waals surface area (Å²) in [5.74, 6) is 1.00. The first-order chi connectivity index (χ1) is 18.9. The van der Waals surface area contributed by atoms with Gasteiger partial charge in [-0.1, -0.05) is 29.8 Å². The molecule has 200 valence electrons. The first-order valence-corrected chi connectivity index (χ1v) is 12.7. The van der Waals surface area contributed by atoms with Crippen molar-refractivity contribution >= 4 is 29.2 Å². The Kier molecular flexibility index (Phi) is 7.69. The number of anilines is 1. The number of nitrogens with zero attached hydrogens (tertiary/aromatic N) is 7. The minimum atomic E-state index is -0.752. The van der Waals surface area contributed by atoms with Crippen LogP contribution >= 0.6 is 11.6 Å². The summed E-state index contributed by atoms with van der Waals surface area (Å²) in [6.45, 7) is 2.76. The molecule has 0 aliphatic carbocycles. The summed E-state index contributed by atoms with van der Waals surface area (Å²) >= 11 is 6.37. The van der Waals surface area contributed by atoms with E-state index in [0.717, 1.165) is 5.56 Å². The Balaban J connectivity index is 1.46. The third kappa shape index (κ3) is 5.68. The van der Waals surface area contributed by atoms with Crippen LogP contribution in [0.4, 0.5) is 5.82 Å². The topological polar surface area (TPSA) is 118 Å². The second-order valence-corrected chi connectivity index (χ2v) is 9.38. The van der Waals surface area contributed by atoms with E-state index in [-0.39, 0.29) is 29.6 Å². The zero-order valence-corrected chi connectivity index (χ0v) is 22.2. The maximum atomic E-state index is 13.8. The number of piperazine rings is 1. The second kappa shape index (κ2) is 11.5. The van der Waals surface area contributed by atoms with E-state index in [0.29, 0.717) is 36.2 Å². The van der Waals surface area contributed by atoms with Gasteiger partial charge >= 0.3 is 0 Å². The number of rotatable bonds is 7. The lowest BCUT2D eigenvalue weighted by atomic mass is 10.1. The number of nitrogens with one attached hydrogen (secondary N) is 1. The molecular weight excluding hydrogens is 520 g/mol. The van der Waals surface area contributed by atoms with Gasteiger partial charge in [0.1, 0.15) is 29.1 Å². The third-order valence-electron chi connectivity index (χ3n) is 6.54. The van der Waals surface area contributed by atoms with Crippen LogP contribution in [0.3, 0.4) is 0 Å². The molecule has 1 fully saturated rings. The summed E-state index contributed by atoms with van der Waals surface area (Å²) in [5.41, 5.74) is 1.30. The Morgan fingerprint density at radius 3 is 2.69 bits per heavy atom. The van der Waals surface area contributed by atoms with Gasteiger partial charge in [0.05, 0.1) is 25.3 Å². The molecule has 1 aliphatic rings. The number of pyridine rings is 1. The zero-order valence-electron chi connectivity index (χ0n) is 21.4. The number of halogens is 1. The molecule has 4 heterocycles. The number of hydrogen-bond acceptors (Lipinski definition) is 8. The predicted molar refractivity (Wildman–Crippen MR) is 145 cm³/mol. The van der Waals surface area contributed by atoms with E-state index >= 15 is 0 Å². The number of carbonyl (C=O) groups excluding carboxylic acids is 2. The molecule has 1 aromatic carbocycles. The molecule has 2 atom stereocenters. The molecule has 11 nitrogen and oxygen atoms in total. The normalized spacial score (nSPS) is 16.0. The van der Waals surface area contributed by atoms with Crippen molar-refractivity contribution in [1.82, 2.24) is 34.7 Å². The van der Waals surface area contributed by atoms with Gasteiger partial charge in [-0.3, -0.25) is 19.1 Å². The fourth-order valence-corrected chi connectivity index (χ4v) is 4.76. The number of ether oxygens (including phenoxy) is 1. The number of aromatic nitrogens is 5. The predicted octanol–water partition coefficient (Wildman–Crippen LogP) is 2.93. The lowest BCUT2D eigenvalue weighted by Crippen LogP contribution is -2.60. The number of methoxy groups -OCH3 is 1. The van der Waals surface area contributed by atoms with Crippen LogP contribution in [0.2, 0.25) is 5.15 Å². The van der Waals surface area contributed by atoms with E-state index in [9.17, 15) is 9.59 Å². The van der Waals surface area contributed by atoms with Crippen LogP contribution in [-0.2, 0) is 4.79 Å². The molecule has 2 unspecified atom stereocenters. The van der Waals surface area contributed by atoms with Gasteiger partial charge in [0.25, 0.3) is 5.91 Å². The van der Waals surface area contributed by atoms with Crippen molar-refractivity contribution in [3.63, 3.8) is 0 Å². The first kappa shape index (κ1) is 26.1. The standard InChI is InChI=1S/C27H27ClN8O3/c1-18(20-7-3-4-8-22(20)39-2)31-25(37)21-16-34(26(38)19-6-5-9-29-15-19)12-13-36(21)24-14-23(28)32-27(33-24)35-11-10-30-17-35/h3-11,14-15,17-18,21H,12-13,16H2,1-2H3,(H,31,37). The zero-order chi connectivity index (χ0) is 27.4. The Bertz CT molecular complexity index is 1450. The van der Waals surface area contributed by atoms with Crippen molar-refractivity contribution in [2.75, 3.05) is 31.6 Å². The highest BCUT2D eigenvalue weighted by atomic mass is 35.5. The quantitative estimate of drug-likeness (QED) is 0.352. The Morgan fingerprint density at radius 1 is 1.10 bits per heavy atom. The molecule has 0 saturated carbocycles. The van der Waals surface area contributed by atoms with Gasteiger partial charge in [-0.2, -0.15) is 4.98 Å². The number of amides is 2. The van der Waals surface area contributed by atoms with E-state index < -0.39 is 6.04 Å². The van der Waals surface area contributed by atoms with Crippen molar-refractivity contribution in [2.24, 2.45) is 0 Å². The van der Waals surface area contributed by atoms with Crippen molar-refractivity contribution in [1.29, 1.82) is 0 Å². The third-order valence-corrected chi connectivity index (χ3v) is 6.74. The molecule has 5 rings (SSSR count). The molecule has 4 aromatic rings. The van der Waals surface area contributed by atoms with E-state index in [4.69, 9.17) is 16.3 Å². The van der Waals surface area contributed by atoms with Crippen LogP contribution in [0, 0.1) is 0 Å². The summed E-state index contributed by atoms with van der Waals surface area (Å²) in [6.07, 6.45) is 8.02. The van der Waals surface area contributed by atoms with Gasteiger partial charge in [-0.05, 0) is 25.1 Å². The molecule has 1 aliphatic heterocycles. The average molecular weight is 547 g/mol. The molecule has 0 bridgehead atoms. The molecule has 0 radical (unpaired) electrons. The minimum Gasteiger partial charge on any atom is -0.496 e. The van der Waals surface area contributed by atoms with Gasteiger partial charge in [0, 0.05) is 49.5 Å². The minimum absolute atomic E-state index is 0.139. The van der Waals surface area contributed by atoms with Crippen molar-refractivity contribution < 1.29 is 14.3 Å². The summed E-state index contributed by atoms with van der Waals surface area (Å²) in [5, 5.41) is 3.32. The monoisotopic (exact) mass is 546 g/mol. The molecule has 12 heteroatoms. The Hall–Kier alpha value is -4.51. The highest BCUT2D eigenvalue weighted by molar-refractivity contribution is 6.29. The number of para-hydroxylation sites is 1. The Morgan fingerprint density at radius 2 is 1.95 bits per heavy atom. The molecule has 1 saturated heterocycles. The highest BCUT2D eigenvalue weighted by Gasteiger charge is 2.36. The fourth-order valence-electron chi connectivity index (χ4n) is 4.58. The molecule has 0 spiro atoms. The van der Waals surface area contributed by atoms with E-state index in [2.05, 4.69) is 25.3 Å². The number of carbonyl (C=O) groups is 2. The highest BCUT2D eigenvalue weighted by Crippen LogP contribution is 2.27. The molecule has 1 N–H and O–H groups in total. The molecule has 2 amide bonds. The fraction of sp³-hybridized carbons (Fsp3) is 0.259. The summed E-state index contributed by atoms with van der Waals surface area (Å²) < 4.78 is 7.12. The SMILES string of the molecule is COc1ccccc1C(C)NC(=O)C1CN(C(=O)c2cccnc2)CCN1c1cc(Cl)nc(-n2ccnc2)n1. The van der Waals surface area contributed by atoms with Crippen LogP contribution in [0.15, 0.2) is 73.6 Å². The lowest BCUT2D eigenvalue weighted by molar-refractivity contribution is -0.123. The van der Waals surface area contributed by atoms with E-state index in [1.807, 2.05) is 36.1 Å². The van der Waals surface area contributed by atoms with Crippen LogP contribution < -0.4 is 15.0 Å². The van der Waals surface area contributed by atoms with Crippen molar-refractivity contribution in [2.45, 2.75) is 19.0 Å². The molecule has 3 aromatic heterocycles. The first-order valence-electron chi connectivity index (χ1n) is 12.4. The number of benzene rings is 1. The number of hydrogen-bond donors (Lipinski definition) is 1. The van der Waals surface area contributed by atoms with Gasteiger partial charge < -0.3 is 19.9 Å². The van der Waals surface area contributed by atoms with Gasteiger partial charge in [0.15, 0.2) is 0 Å². The van der Waals surface area contributed by atoms with Crippen LogP contribution in [0.25, 0.3) is 5.95 Å². The maximum Gasteiger partial charge on any atom is 0.255 e. The summed E-state index contributed by atoms with van der Waals surface area (Å²) in [7, 11) is 1.59. The van der Waals surface area contributed by atoms with Crippen LogP contribution in [0.1, 0.15) is 28.9 Å². The molecule has 39 heavy (non-hydrogen) atoms. The lowest BCUT2D eigenvalue weighted by Gasteiger charge is -2.41. The average Bonchev–Trinajstić information content (AvgIpc) is 3.52. The van der Waals surface area contributed by atoms with Crippen molar-refractivity contribution in [3.05, 3.63) is 89.9 Å². The second-order valence-electron chi connectivity index (χ2n) is 8.99. The number of imidazole rings is 1. The van der Waals surface area contributed by atoms with E-state index in [1.165, 1.54) is 6.20 Å². The van der Waals surface area contributed by atoms with Gasteiger partial charge in [-0.15, -0.1) is 0 Å². The van der Waals surface area contributed by atoms with E-state index in [1.54, 1.807) is 59.7 Å². The smallest absolute Gasteiger partial charge is 0.255 e.